The van der Waals surface area contributed by atoms with E-state index in [1.807, 2.05) is 0 Å². The van der Waals surface area contributed by atoms with Gasteiger partial charge in [-0.15, -0.1) is 0 Å². The highest BCUT2D eigenvalue weighted by Gasteiger charge is 2.28. The maximum Gasteiger partial charge on any atom is 0.123 e. The third-order valence-electron chi connectivity index (χ3n) is 4.62. The summed E-state index contributed by atoms with van der Waals surface area (Å²) in [4.78, 5) is 0. The molecule has 1 heterocycles. The van der Waals surface area contributed by atoms with E-state index in [2.05, 4.69) is 61.5 Å². The van der Waals surface area contributed by atoms with Crippen molar-refractivity contribution < 1.29 is 9.47 Å². The second-order valence-corrected chi connectivity index (χ2v) is 8.09. The highest BCUT2D eigenvalue weighted by Crippen LogP contribution is 2.43. The van der Waals surface area contributed by atoms with Crippen molar-refractivity contribution in [3.63, 3.8) is 0 Å². The quantitative estimate of drug-likeness (QED) is 0.579. The first-order chi connectivity index (χ1) is 10.7. The predicted molar refractivity (Wildman–Crippen MR) is 98.0 cm³/mol. The van der Waals surface area contributed by atoms with Gasteiger partial charge in [-0.05, 0) is 46.4 Å². The molecule has 0 N–H and O–H groups in total. The monoisotopic (exact) mass is 318 g/mol. The van der Waals surface area contributed by atoms with E-state index < -0.39 is 0 Å². The molecule has 2 rings (SSSR count). The third-order valence-corrected chi connectivity index (χ3v) is 4.62. The molecule has 130 valence electrons. The molecule has 0 amide bonds. The van der Waals surface area contributed by atoms with E-state index in [0.29, 0.717) is 36.4 Å². The van der Waals surface area contributed by atoms with E-state index in [-0.39, 0.29) is 0 Å². The molecule has 1 atom stereocenters. The normalized spacial score (nSPS) is 17.7. The Kier molecular flexibility index (Phi) is 5.78. The lowest BCUT2D eigenvalue weighted by atomic mass is 9.78. The maximum atomic E-state index is 6.21. The summed E-state index contributed by atoms with van der Waals surface area (Å²) in [5.41, 5.74) is 5.88. The van der Waals surface area contributed by atoms with Gasteiger partial charge in [-0.1, -0.05) is 55.4 Å². The third kappa shape index (κ3) is 4.09. The fourth-order valence-electron chi connectivity index (χ4n) is 3.54. The fraction of sp³-hybridized carbons (Fsp3) is 0.714. The minimum Gasteiger partial charge on any atom is -0.490 e. The van der Waals surface area contributed by atoms with Crippen LogP contribution in [0.1, 0.15) is 101 Å². The number of hydrogen-bond donors (Lipinski definition) is 0. The summed E-state index contributed by atoms with van der Waals surface area (Å²) in [6.45, 7) is 19.9. The Labute approximate surface area is 142 Å². The van der Waals surface area contributed by atoms with Gasteiger partial charge in [0.05, 0.1) is 6.61 Å². The van der Waals surface area contributed by atoms with Crippen molar-refractivity contribution in [1.82, 2.24) is 0 Å². The summed E-state index contributed by atoms with van der Waals surface area (Å²) in [6.07, 6.45) is 0.296. The van der Waals surface area contributed by atoms with Crippen LogP contribution < -0.4 is 4.74 Å². The molecule has 0 aliphatic carbocycles. The molecule has 23 heavy (non-hydrogen) atoms. The molecule has 0 spiro atoms. The fourth-order valence-corrected chi connectivity index (χ4v) is 3.54. The first-order valence-corrected chi connectivity index (χ1v) is 9.18. The van der Waals surface area contributed by atoms with Crippen LogP contribution in [0.4, 0.5) is 0 Å². The van der Waals surface area contributed by atoms with E-state index in [4.69, 9.17) is 9.47 Å². The van der Waals surface area contributed by atoms with Crippen LogP contribution in [0.15, 0.2) is 6.07 Å². The van der Waals surface area contributed by atoms with E-state index in [0.717, 1.165) is 12.4 Å². The van der Waals surface area contributed by atoms with Crippen molar-refractivity contribution in [3.05, 3.63) is 28.3 Å². The highest BCUT2D eigenvalue weighted by atomic mass is 16.6. The molecule has 1 aromatic carbocycles. The SMILES string of the molecule is CC(C)c1cc(OCC2CO2)c(C(C)C)c(C(C)C)c1C(C)C. The second-order valence-electron chi connectivity index (χ2n) is 8.09. The first kappa shape index (κ1) is 18.3. The molecular weight excluding hydrogens is 284 g/mol. The lowest BCUT2D eigenvalue weighted by molar-refractivity contribution is 0.259. The lowest BCUT2D eigenvalue weighted by Crippen LogP contribution is -2.14. The Balaban J connectivity index is 2.64. The number of benzene rings is 1. The van der Waals surface area contributed by atoms with Crippen molar-refractivity contribution in [1.29, 1.82) is 0 Å². The number of ether oxygens (including phenoxy) is 2. The summed E-state index contributed by atoms with van der Waals surface area (Å²) in [6, 6.07) is 2.31. The minimum absolute atomic E-state index is 0.296. The number of epoxide rings is 1. The molecule has 1 aliphatic heterocycles. The van der Waals surface area contributed by atoms with E-state index >= 15 is 0 Å². The van der Waals surface area contributed by atoms with Crippen LogP contribution in [0.25, 0.3) is 0 Å². The minimum atomic E-state index is 0.296. The average molecular weight is 319 g/mol. The predicted octanol–water partition coefficient (Wildman–Crippen LogP) is 5.96. The first-order valence-electron chi connectivity index (χ1n) is 9.18. The Morgan fingerprint density at radius 1 is 0.870 bits per heavy atom. The van der Waals surface area contributed by atoms with Gasteiger partial charge in [-0.3, -0.25) is 0 Å². The summed E-state index contributed by atoms with van der Waals surface area (Å²) in [5.74, 6) is 3.07. The van der Waals surface area contributed by atoms with Gasteiger partial charge in [0.2, 0.25) is 0 Å². The van der Waals surface area contributed by atoms with Crippen molar-refractivity contribution in [2.24, 2.45) is 0 Å². The summed E-state index contributed by atoms with van der Waals surface area (Å²) >= 11 is 0. The van der Waals surface area contributed by atoms with E-state index in [9.17, 15) is 0 Å². The Bertz CT molecular complexity index is 537. The van der Waals surface area contributed by atoms with Crippen LogP contribution in [0.5, 0.6) is 5.75 Å². The Hall–Kier alpha value is -1.02. The second kappa shape index (κ2) is 7.25. The Morgan fingerprint density at radius 2 is 1.39 bits per heavy atom. The smallest absolute Gasteiger partial charge is 0.123 e. The summed E-state index contributed by atoms with van der Waals surface area (Å²) in [7, 11) is 0. The zero-order chi connectivity index (χ0) is 17.3. The molecule has 1 saturated heterocycles. The van der Waals surface area contributed by atoms with Gasteiger partial charge in [-0.2, -0.15) is 0 Å². The molecule has 1 fully saturated rings. The average Bonchev–Trinajstić information content (AvgIpc) is 3.26. The maximum absolute atomic E-state index is 6.21. The molecule has 2 heteroatoms. The van der Waals surface area contributed by atoms with Gasteiger partial charge >= 0.3 is 0 Å². The Morgan fingerprint density at radius 3 is 1.78 bits per heavy atom. The number of rotatable bonds is 7. The molecule has 0 bridgehead atoms. The van der Waals surface area contributed by atoms with Crippen molar-refractivity contribution in [2.75, 3.05) is 13.2 Å². The van der Waals surface area contributed by atoms with Crippen LogP contribution in [-0.4, -0.2) is 19.3 Å². The van der Waals surface area contributed by atoms with Crippen molar-refractivity contribution in [2.45, 2.75) is 85.2 Å². The molecule has 1 aromatic rings. The van der Waals surface area contributed by atoms with Gasteiger partial charge in [-0.25, -0.2) is 0 Å². The van der Waals surface area contributed by atoms with Gasteiger partial charge < -0.3 is 9.47 Å². The lowest BCUT2D eigenvalue weighted by Gasteiger charge is -2.29. The van der Waals surface area contributed by atoms with Gasteiger partial charge in [0, 0.05) is 5.56 Å². The molecular formula is C21H34O2. The number of hydrogen-bond acceptors (Lipinski definition) is 2. The molecule has 0 aromatic heterocycles. The van der Waals surface area contributed by atoms with Crippen LogP contribution in [-0.2, 0) is 4.74 Å². The van der Waals surface area contributed by atoms with Gasteiger partial charge in [0.15, 0.2) is 0 Å². The van der Waals surface area contributed by atoms with Gasteiger partial charge in [0.25, 0.3) is 0 Å². The van der Waals surface area contributed by atoms with Crippen molar-refractivity contribution >= 4 is 0 Å². The molecule has 1 unspecified atom stereocenters. The zero-order valence-electron chi connectivity index (χ0n) is 16.2. The van der Waals surface area contributed by atoms with E-state index in [1.165, 1.54) is 22.3 Å². The molecule has 2 nitrogen and oxygen atoms in total. The van der Waals surface area contributed by atoms with Gasteiger partial charge in [0.1, 0.15) is 18.5 Å². The largest absolute Gasteiger partial charge is 0.490 e. The van der Waals surface area contributed by atoms with Crippen LogP contribution in [0.3, 0.4) is 0 Å². The molecule has 0 saturated carbocycles. The summed E-state index contributed by atoms with van der Waals surface area (Å²) < 4.78 is 11.5. The molecule has 0 radical (unpaired) electrons. The highest BCUT2D eigenvalue weighted by molar-refractivity contribution is 5.54. The van der Waals surface area contributed by atoms with Crippen molar-refractivity contribution in [3.8, 4) is 5.75 Å². The van der Waals surface area contributed by atoms with Crippen LogP contribution >= 0.6 is 0 Å². The van der Waals surface area contributed by atoms with Crippen LogP contribution in [0.2, 0.25) is 0 Å². The van der Waals surface area contributed by atoms with Crippen LogP contribution in [0, 0.1) is 0 Å². The summed E-state index contributed by atoms with van der Waals surface area (Å²) in [5, 5.41) is 0. The standard InChI is InChI=1S/C21H34O2/c1-12(2)17-9-18(23-11-16-10-22-16)20(14(5)6)21(15(7)8)19(17)13(3)4/h9,12-16H,10-11H2,1-8H3. The zero-order valence-corrected chi connectivity index (χ0v) is 16.2. The topological polar surface area (TPSA) is 21.8 Å². The molecule has 1 aliphatic rings. The van der Waals surface area contributed by atoms with E-state index in [1.54, 1.807) is 0 Å².